The third-order valence-electron chi connectivity index (χ3n) is 3.83. The Morgan fingerprint density at radius 2 is 1.52 bits per heavy atom. The van der Waals surface area contributed by atoms with Crippen LogP contribution in [0.1, 0.15) is 20.7 Å². The second-order valence-electron chi connectivity index (χ2n) is 5.66. The first-order chi connectivity index (χ1) is 12.8. The predicted molar refractivity (Wildman–Crippen MR) is 108 cm³/mol. The number of nitrogens with one attached hydrogen (secondary N) is 1. The molecule has 7 heteroatoms. The summed E-state index contributed by atoms with van der Waals surface area (Å²) in [5, 5.41) is 12.7. The van der Waals surface area contributed by atoms with Crippen molar-refractivity contribution < 1.29 is 14.7 Å². The highest BCUT2D eigenvalue weighted by Crippen LogP contribution is 2.29. The van der Waals surface area contributed by atoms with E-state index in [9.17, 15) is 9.59 Å². The number of carboxylic acids is 1. The van der Waals surface area contributed by atoms with Crippen LogP contribution in [-0.2, 0) is 0 Å². The zero-order chi connectivity index (χ0) is 19.6. The molecule has 0 fully saturated rings. The average Bonchev–Trinajstić information content (AvgIpc) is 2.63. The Labute approximate surface area is 170 Å². The Kier molecular flexibility index (Phi) is 5.71. The highest BCUT2D eigenvalue weighted by atomic mass is 35.5. The topological polar surface area (TPSA) is 66.4 Å². The van der Waals surface area contributed by atoms with E-state index in [4.69, 9.17) is 39.9 Å². The van der Waals surface area contributed by atoms with E-state index in [1.165, 1.54) is 18.2 Å². The molecule has 3 aromatic rings. The molecule has 4 nitrogen and oxygen atoms in total. The monoisotopic (exact) mass is 419 g/mol. The molecule has 27 heavy (non-hydrogen) atoms. The number of benzene rings is 3. The number of carbonyl (C=O) groups excluding carboxylic acids is 1. The Balaban J connectivity index is 1.94. The molecule has 0 unspecified atom stereocenters. The van der Waals surface area contributed by atoms with Gasteiger partial charge in [-0.15, -0.1) is 0 Å². The van der Waals surface area contributed by atoms with Crippen LogP contribution in [-0.4, -0.2) is 17.0 Å². The number of hydrogen-bond donors (Lipinski definition) is 2. The molecule has 0 radical (unpaired) electrons. The molecule has 3 rings (SSSR count). The number of amides is 1. The van der Waals surface area contributed by atoms with Crippen LogP contribution in [0.25, 0.3) is 11.1 Å². The number of rotatable bonds is 4. The van der Waals surface area contributed by atoms with Crippen LogP contribution in [0.15, 0.2) is 60.7 Å². The average molecular weight is 421 g/mol. The fourth-order valence-electron chi connectivity index (χ4n) is 2.49. The van der Waals surface area contributed by atoms with Gasteiger partial charge in [-0.25, -0.2) is 4.79 Å². The summed E-state index contributed by atoms with van der Waals surface area (Å²) in [5.41, 5.74) is 2.02. The van der Waals surface area contributed by atoms with Crippen molar-refractivity contribution in [3.63, 3.8) is 0 Å². The summed E-state index contributed by atoms with van der Waals surface area (Å²) in [5.74, 6) is -1.63. The van der Waals surface area contributed by atoms with E-state index < -0.39 is 11.9 Å². The summed E-state index contributed by atoms with van der Waals surface area (Å²) < 4.78 is 0. The summed E-state index contributed by atoms with van der Waals surface area (Å²) >= 11 is 18.3. The lowest BCUT2D eigenvalue weighted by Crippen LogP contribution is -2.13. The van der Waals surface area contributed by atoms with Gasteiger partial charge >= 0.3 is 5.97 Å². The van der Waals surface area contributed by atoms with E-state index in [2.05, 4.69) is 5.32 Å². The lowest BCUT2D eigenvalue weighted by atomic mass is 10.0. The molecule has 0 saturated heterocycles. The molecule has 0 aliphatic carbocycles. The first-order valence-electron chi connectivity index (χ1n) is 7.75. The van der Waals surface area contributed by atoms with Crippen molar-refractivity contribution in [1.29, 1.82) is 0 Å². The van der Waals surface area contributed by atoms with Gasteiger partial charge in [-0.05, 0) is 53.6 Å². The summed E-state index contributed by atoms with van der Waals surface area (Å²) in [4.78, 5) is 23.8. The Morgan fingerprint density at radius 3 is 2.22 bits per heavy atom. The van der Waals surface area contributed by atoms with Crippen LogP contribution in [0.5, 0.6) is 0 Å². The molecule has 0 saturated carbocycles. The van der Waals surface area contributed by atoms with Crippen molar-refractivity contribution in [2.45, 2.75) is 0 Å². The molecule has 0 atom stereocenters. The molecule has 0 spiro atoms. The van der Waals surface area contributed by atoms with Gasteiger partial charge in [-0.1, -0.05) is 53.0 Å². The number of halogens is 3. The molecule has 0 bridgehead atoms. The largest absolute Gasteiger partial charge is 0.478 e. The van der Waals surface area contributed by atoms with Crippen molar-refractivity contribution in [2.24, 2.45) is 0 Å². The number of hydrogen-bond acceptors (Lipinski definition) is 2. The lowest BCUT2D eigenvalue weighted by molar-refractivity contribution is 0.0696. The van der Waals surface area contributed by atoms with E-state index in [1.54, 1.807) is 30.3 Å². The van der Waals surface area contributed by atoms with E-state index in [0.717, 1.165) is 11.1 Å². The molecule has 1 amide bonds. The SMILES string of the molecule is O=C(O)c1ccc(Cl)c(NC(=O)c2cc(-c3cccc(Cl)c3)ccc2Cl)c1. The predicted octanol–water partition coefficient (Wildman–Crippen LogP) is 6.26. The fourth-order valence-corrected chi connectivity index (χ4v) is 3.05. The third kappa shape index (κ3) is 4.42. The smallest absolute Gasteiger partial charge is 0.335 e. The van der Waals surface area contributed by atoms with Crippen molar-refractivity contribution >= 4 is 52.4 Å². The summed E-state index contributed by atoms with van der Waals surface area (Å²) in [7, 11) is 0. The van der Waals surface area contributed by atoms with Gasteiger partial charge in [0.1, 0.15) is 0 Å². The summed E-state index contributed by atoms with van der Waals surface area (Å²) in [6.07, 6.45) is 0. The van der Waals surface area contributed by atoms with Gasteiger partial charge in [0.15, 0.2) is 0 Å². The summed E-state index contributed by atoms with van der Waals surface area (Å²) in [6.45, 7) is 0. The van der Waals surface area contributed by atoms with Crippen LogP contribution in [0.4, 0.5) is 5.69 Å². The van der Waals surface area contributed by atoms with Crippen LogP contribution in [0.2, 0.25) is 15.1 Å². The van der Waals surface area contributed by atoms with Gasteiger partial charge in [0.25, 0.3) is 5.91 Å². The Bertz CT molecular complexity index is 1050. The lowest BCUT2D eigenvalue weighted by Gasteiger charge is -2.11. The molecule has 2 N–H and O–H groups in total. The normalized spacial score (nSPS) is 10.5. The molecule has 0 aromatic heterocycles. The van der Waals surface area contributed by atoms with Crippen LogP contribution < -0.4 is 5.32 Å². The third-order valence-corrected chi connectivity index (χ3v) is 4.72. The number of carboxylic acid groups (broad SMARTS) is 1. The molecule has 3 aromatic carbocycles. The van der Waals surface area contributed by atoms with Gasteiger partial charge in [-0.2, -0.15) is 0 Å². The van der Waals surface area contributed by atoms with E-state index in [0.29, 0.717) is 5.02 Å². The quantitative estimate of drug-likeness (QED) is 0.523. The molecule has 0 aliphatic rings. The Morgan fingerprint density at radius 1 is 0.815 bits per heavy atom. The van der Waals surface area contributed by atoms with Gasteiger partial charge < -0.3 is 10.4 Å². The highest BCUT2D eigenvalue weighted by Gasteiger charge is 2.15. The van der Waals surface area contributed by atoms with E-state index in [-0.39, 0.29) is 26.9 Å². The number of aromatic carboxylic acids is 1. The highest BCUT2D eigenvalue weighted by molar-refractivity contribution is 6.36. The van der Waals surface area contributed by atoms with E-state index >= 15 is 0 Å². The van der Waals surface area contributed by atoms with Gasteiger partial charge in [0, 0.05) is 5.02 Å². The minimum atomic E-state index is -1.12. The molecule has 136 valence electrons. The van der Waals surface area contributed by atoms with E-state index in [1.807, 2.05) is 12.1 Å². The van der Waals surface area contributed by atoms with Gasteiger partial charge in [0.2, 0.25) is 0 Å². The second kappa shape index (κ2) is 8.01. The van der Waals surface area contributed by atoms with Gasteiger partial charge in [0.05, 0.1) is 26.9 Å². The standard InChI is InChI=1S/C20H12Cl3NO3/c21-14-3-1-2-11(8-14)12-4-6-16(22)15(9-12)19(25)24-18-10-13(20(26)27)5-7-17(18)23/h1-10H,(H,24,25)(H,26,27). The van der Waals surface area contributed by atoms with Crippen LogP contribution >= 0.6 is 34.8 Å². The van der Waals surface area contributed by atoms with Crippen LogP contribution in [0, 0.1) is 0 Å². The Hall–Kier alpha value is -2.53. The van der Waals surface area contributed by atoms with Crippen molar-refractivity contribution in [2.75, 3.05) is 5.32 Å². The first kappa shape index (κ1) is 19.2. The molecule has 0 heterocycles. The summed E-state index contributed by atoms with van der Waals surface area (Å²) in [6, 6.07) is 16.3. The van der Waals surface area contributed by atoms with Gasteiger partial charge in [-0.3, -0.25) is 4.79 Å². The molecule has 0 aliphatic heterocycles. The zero-order valence-electron chi connectivity index (χ0n) is 13.7. The van der Waals surface area contributed by atoms with Crippen molar-refractivity contribution in [1.82, 2.24) is 0 Å². The fraction of sp³-hybridized carbons (Fsp3) is 0. The number of carbonyl (C=O) groups is 2. The maximum absolute atomic E-state index is 12.7. The number of anilines is 1. The van der Waals surface area contributed by atoms with Crippen LogP contribution in [0.3, 0.4) is 0 Å². The maximum atomic E-state index is 12.7. The molecular formula is C20H12Cl3NO3. The van der Waals surface area contributed by atoms with Crippen molar-refractivity contribution in [3.05, 3.63) is 86.9 Å². The minimum Gasteiger partial charge on any atom is -0.478 e. The maximum Gasteiger partial charge on any atom is 0.335 e. The second-order valence-corrected chi connectivity index (χ2v) is 6.91. The minimum absolute atomic E-state index is 0.00785. The van der Waals surface area contributed by atoms with Crippen molar-refractivity contribution in [3.8, 4) is 11.1 Å². The first-order valence-corrected chi connectivity index (χ1v) is 8.88. The molecular weight excluding hydrogens is 409 g/mol. The zero-order valence-corrected chi connectivity index (χ0v) is 15.9.